The molecular weight excluding hydrogens is 340 g/mol. The average molecular weight is 368 g/mol. The lowest BCUT2D eigenvalue weighted by molar-refractivity contribution is -0.137. The number of carbonyl (C=O) groups is 2. The van der Waals surface area contributed by atoms with E-state index < -0.39 is 12.1 Å². The second kappa shape index (κ2) is 8.97. The highest BCUT2D eigenvalue weighted by Gasteiger charge is 2.35. The number of rotatable bonds is 7. The monoisotopic (exact) mass is 368 g/mol. The highest BCUT2D eigenvalue weighted by atomic mass is 16.2. The van der Waals surface area contributed by atoms with E-state index in [2.05, 4.69) is 5.32 Å². The Bertz CT molecular complexity index is 808. The third-order valence-corrected chi connectivity index (χ3v) is 5.14. The van der Waals surface area contributed by atoms with Crippen LogP contribution >= 0.6 is 0 Å². The van der Waals surface area contributed by atoms with Crippen LogP contribution in [0.4, 0.5) is 5.69 Å². The van der Waals surface area contributed by atoms with Gasteiger partial charge in [0.1, 0.15) is 6.04 Å². The van der Waals surface area contributed by atoms with Crippen molar-refractivity contribution in [3.8, 4) is 0 Å². The fraction of sp³-hybridized carbons (Fsp3) is 0.429. The zero-order chi connectivity index (χ0) is 19.2. The summed E-state index contributed by atoms with van der Waals surface area (Å²) in [6.45, 7) is 1.18. The first-order valence-electron chi connectivity index (χ1n) is 9.66. The molecule has 6 nitrogen and oxygen atoms in total. The van der Waals surface area contributed by atoms with Crippen LogP contribution in [0.1, 0.15) is 32.1 Å². The zero-order valence-electron chi connectivity index (χ0n) is 15.6. The van der Waals surface area contributed by atoms with E-state index in [1.165, 1.54) is 0 Å². The fourth-order valence-corrected chi connectivity index (χ4v) is 3.64. The number of fused-ring (bicyclic) bond motifs is 1. The van der Waals surface area contributed by atoms with E-state index in [1.54, 1.807) is 4.90 Å². The summed E-state index contributed by atoms with van der Waals surface area (Å²) in [4.78, 5) is 27.1. The lowest BCUT2D eigenvalue weighted by Gasteiger charge is -2.26. The van der Waals surface area contributed by atoms with Crippen LogP contribution in [0.3, 0.4) is 0 Å². The highest BCUT2D eigenvalue weighted by molar-refractivity contribution is 5.99. The second-order valence-electron chi connectivity index (χ2n) is 7.13. The normalized spacial score (nSPS) is 17.9. The summed E-state index contributed by atoms with van der Waals surface area (Å²) in [5, 5.41) is 5.15. The van der Waals surface area contributed by atoms with Crippen LogP contribution in [-0.4, -0.2) is 41.9 Å². The minimum atomic E-state index is -0.564. The van der Waals surface area contributed by atoms with Gasteiger partial charge in [0, 0.05) is 12.2 Å². The molecule has 2 aromatic carbocycles. The number of hydrogen-bond donors (Lipinski definition) is 3. The molecule has 2 atom stereocenters. The topological polar surface area (TPSA) is 101 Å². The van der Waals surface area contributed by atoms with Gasteiger partial charge in [-0.25, -0.2) is 0 Å². The van der Waals surface area contributed by atoms with Crippen molar-refractivity contribution in [2.24, 2.45) is 11.5 Å². The third kappa shape index (κ3) is 4.64. The number of hydrogen-bond acceptors (Lipinski definition) is 4. The van der Waals surface area contributed by atoms with Gasteiger partial charge in [-0.3, -0.25) is 9.59 Å². The Morgan fingerprint density at radius 3 is 2.70 bits per heavy atom. The Kier molecular flexibility index (Phi) is 6.42. The van der Waals surface area contributed by atoms with Gasteiger partial charge in [-0.05, 0) is 55.1 Å². The minimum absolute atomic E-state index is 0.136. The lowest BCUT2D eigenvalue weighted by atomic mass is 10.1. The first-order valence-corrected chi connectivity index (χ1v) is 9.66. The fourth-order valence-electron chi connectivity index (χ4n) is 3.64. The number of nitrogens with zero attached hydrogens (tertiary/aromatic N) is 1. The molecule has 27 heavy (non-hydrogen) atoms. The molecule has 144 valence electrons. The van der Waals surface area contributed by atoms with E-state index >= 15 is 0 Å². The van der Waals surface area contributed by atoms with Gasteiger partial charge in [0.05, 0.1) is 6.04 Å². The molecule has 0 saturated carbocycles. The van der Waals surface area contributed by atoms with Gasteiger partial charge in [-0.15, -0.1) is 0 Å². The largest absolute Gasteiger partial charge is 0.330 e. The molecule has 1 heterocycles. The van der Waals surface area contributed by atoms with Crippen LogP contribution in [0.25, 0.3) is 10.8 Å². The standard InChI is InChI=1S/C21H28N4O2/c22-12-4-3-8-18(23)21(27)25-13-5-9-19(25)20(26)24-17-11-10-15-6-1-2-7-16(15)14-17/h1-2,6-7,10-11,14,18-19H,3-5,8-9,12-13,22-23H2,(H,24,26)/t18-,19-/m0/s1. The predicted molar refractivity (Wildman–Crippen MR) is 108 cm³/mol. The Balaban J connectivity index is 1.64. The van der Waals surface area contributed by atoms with Crippen LogP contribution in [-0.2, 0) is 9.59 Å². The number of likely N-dealkylation sites (tertiary alicyclic amines) is 1. The summed E-state index contributed by atoms with van der Waals surface area (Å²) in [7, 11) is 0. The number of amides is 2. The third-order valence-electron chi connectivity index (χ3n) is 5.14. The Hall–Kier alpha value is -2.44. The molecule has 0 radical (unpaired) electrons. The maximum Gasteiger partial charge on any atom is 0.247 e. The van der Waals surface area contributed by atoms with Gasteiger partial charge in [0.2, 0.25) is 11.8 Å². The van der Waals surface area contributed by atoms with Crippen molar-refractivity contribution in [2.45, 2.75) is 44.2 Å². The van der Waals surface area contributed by atoms with Crippen molar-refractivity contribution < 1.29 is 9.59 Å². The van der Waals surface area contributed by atoms with Gasteiger partial charge < -0.3 is 21.7 Å². The zero-order valence-corrected chi connectivity index (χ0v) is 15.6. The Morgan fingerprint density at radius 2 is 1.93 bits per heavy atom. The molecule has 2 aromatic rings. The maximum atomic E-state index is 12.8. The van der Waals surface area contributed by atoms with E-state index in [-0.39, 0.29) is 11.8 Å². The summed E-state index contributed by atoms with van der Waals surface area (Å²) in [5.41, 5.74) is 12.3. The van der Waals surface area contributed by atoms with Crippen molar-refractivity contribution in [3.63, 3.8) is 0 Å². The number of nitrogens with one attached hydrogen (secondary N) is 1. The van der Waals surface area contributed by atoms with Gasteiger partial charge in [0.15, 0.2) is 0 Å². The van der Waals surface area contributed by atoms with E-state index in [1.807, 2.05) is 42.5 Å². The van der Waals surface area contributed by atoms with Crippen molar-refractivity contribution in [1.29, 1.82) is 0 Å². The number of benzene rings is 2. The van der Waals surface area contributed by atoms with Gasteiger partial charge >= 0.3 is 0 Å². The molecule has 0 bridgehead atoms. The van der Waals surface area contributed by atoms with Crippen LogP contribution in [0.15, 0.2) is 42.5 Å². The average Bonchev–Trinajstić information content (AvgIpc) is 3.17. The molecule has 3 rings (SSSR count). The molecule has 0 aromatic heterocycles. The molecule has 1 aliphatic rings. The van der Waals surface area contributed by atoms with Crippen molar-refractivity contribution in [2.75, 3.05) is 18.4 Å². The molecule has 0 aliphatic carbocycles. The predicted octanol–water partition coefficient (Wildman–Crippen LogP) is 2.23. The number of carbonyl (C=O) groups excluding carboxylic acids is 2. The minimum Gasteiger partial charge on any atom is -0.330 e. The molecule has 2 amide bonds. The summed E-state index contributed by atoms with van der Waals surface area (Å²) in [5.74, 6) is -0.284. The van der Waals surface area contributed by atoms with Crippen LogP contribution < -0.4 is 16.8 Å². The first-order chi connectivity index (χ1) is 13.1. The second-order valence-corrected chi connectivity index (χ2v) is 7.13. The first kappa shape index (κ1) is 19.3. The van der Waals surface area contributed by atoms with E-state index in [0.717, 1.165) is 35.7 Å². The van der Waals surface area contributed by atoms with Gasteiger partial charge in [-0.2, -0.15) is 0 Å². The molecule has 1 aliphatic heterocycles. The smallest absolute Gasteiger partial charge is 0.247 e. The summed E-state index contributed by atoms with van der Waals surface area (Å²) >= 11 is 0. The van der Waals surface area contributed by atoms with Gasteiger partial charge in [-0.1, -0.05) is 36.8 Å². The molecule has 1 saturated heterocycles. The molecule has 5 N–H and O–H groups in total. The maximum absolute atomic E-state index is 12.8. The number of anilines is 1. The lowest BCUT2D eigenvalue weighted by Crippen LogP contribution is -2.49. The van der Waals surface area contributed by atoms with Crippen LogP contribution in [0, 0.1) is 0 Å². The molecule has 0 spiro atoms. The van der Waals surface area contributed by atoms with E-state index in [9.17, 15) is 9.59 Å². The Morgan fingerprint density at radius 1 is 1.15 bits per heavy atom. The van der Waals surface area contributed by atoms with Crippen molar-refractivity contribution >= 4 is 28.3 Å². The highest BCUT2D eigenvalue weighted by Crippen LogP contribution is 2.23. The van der Waals surface area contributed by atoms with Gasteiger partial charge in [0.25, 0.3) is 0 Å². The molecule has 1 fully saturated rings. The number of nitrogens with two attached hydrogens (primary N) is 2. The van der Waals surface area contributed by atoms with Crippen LogP contribution in [0.5, 0.6) is 0 Å². The number of unbranched alkanes of at least 4 members (excludes halogenated alkanes) is 1. The quantitative estimate of drug-likeness (QED) is 0.652. The Labute approximate surface area is 159 Å². The van der Waals surface area contributed by atoms with Crippen LogP contribution in [0.2, 0.25) is 0 Å². The van der Waals surface area contributed by atoms with E-state index in [0.29, 0.717) is 25.9 Å². The van der Waals surface area contributed by atoms with E-state index in [4.69, 9.17) is 11.5 Å². The van der Waals surface area contributed by atoms with Crippen molar-refractivity contribution in [1.82, 2.24) is 4.90 Å². The SMILES string of the molecule is NCCCC[C@H](N)C(=O)N1CCC[C@H]1C(=O)Nc1ccc2ccccc2c1. The summed E-state index contributed by atoms with van der Waals surface area (Å²) < 4.78 is 0. The summed E-state index contributed by atoms with van der Waals surface area (Å²) in [6.07, 6.45) is 3.77. The summed E-state index contributed by atoms with van der Waals surface area (Å²) in [6, 6.07) is 12.8. The molecule has 6 heteroatoms. The van der Waals surface area contributed by atoms with Crippen molar-refractivity contribution in [3.05, 3.63) is 42.5 Å². The molecular formula is C21H28N4O2. The molecule has 0 unspecified atom stereocenters.